The van der Waals surface area contributed by atoms with Crippen LogP contribution in [0.2, 0.25) is 0 Å². The number of hydrogen-bond donors (Lipinski definition) is 0. The van der Waals surface area contributed by atoms with Crippen molar-refractivity contribution in [3.05, 3.63) is 0 Å². The summed E-state index contributed by atoms with van der Waals surface area (Å²) in [6.07, 6.45) is 16.4. The molecule has 0 aliphatic rings. The van der Waals surface area contributed by atoms with Crippen LogP contribution in [0.3, 0.4) is 0 Å². The molecule has 0 aromatic carbocycles. The first-order valence-corrected chi connectivity index (χ1v) is 7.31. The summed E-state index contributed by atoms with van der Waals surface area (Å²) < 4.78 is 2.28. The van der Waals surface area contributed by atoms with Crippen LogP contribution in [0, 0.1) is 0 Å². The maximum atomic E-state index is 2.28. The number of halogens is 1. The maximum absolute atomic E-state index is 2.28. The second kappa shape index (κ2) is 16.0. The van der Waals surface area contributed by atoms with E-state index in [1.165, 1.54) is 70.8 Å². The van der Waals surface area contributed by atoms with Gasteiger partial charge in [-0.15, -0.1) is 0 Å². The molecule has 0 heterocycles. The van der Waals surface area contributed by atoms with Crippen LogP contribution in [0.15, 0.2) is 0 Å². The van der Waals surface area contributed by atoms with Gasteiger partial charge in [0.05, 0.1) is 0 Å². The molecule has 0 N–H and O–H groups in total. The summed E-state index contributed by atoms with van der Waals surface area (Å²) in [4.78, 5) is 0. The van der Waals surface area contributed by atoms with Crippen molar-refractivity contribution in [2.75, 3.05) is 13.6 Å². The molecule has 17 heavy (non-hydrogen) atoms. The zero-order valence-corrected chi connectivity index (χ0v) is 12.9. The summed E-state index contributed by atoms with van der Waals surface area (Å²) in [6, 6.07) is 0. The van der Waals surface area contributed by atoms with Crippen LogP contribution < -0.4 is 12.4 Å². The third-order valence-corrected chi connectivity index (χ3v) is 3.31. The summed E-state index contributed by atoms with van der Waals surface area (Å²) in [6.45, 7) is 5.62. The number of hydrogen-bond acceptors (Lipinski definition) is 0. The van der Waals surface area contributed by atoms with Crippen molar-refractivity contribution in [3.8, 4) is 0 Å². The molecule has 1 nitrogen and oxygen atoms in total. The molecule has 2 heteroatoms. The molecule has 0 unspecified atom stereocenters. The van der Waals surface area contributed by atoms with Gasteiger partial charge >= 0.3 is 0 Å². The predicted molar refractivity (Wildman–Crippen MR) is 74.6 cm³/mol. The molecule has 0 aliphatic carbocycles. The van der Waals surface area contributed by atoms with Crippen molar-refractivity contribution in [1.82, 2.24) is 0 Å². The van der Waals surface area contributed by atoms with Crippen LogP contribution in [0.1, 0.15) is 78.1 Å². The Morgan fingerprint density at radius 3 is 1.59 bits per heavy atom. The van der Waals surface area contributed by atoms with E-state index in [-0.39, 0.29) is 12.4 Å². The van der Waals surface area contributed by atoms with E-state index in [9.17, 15) is 0 Å². The topological polar surface area (TPSA) is 3.01 Å². The highest BCUT2D eigenvalue weighted by atomic mass is 35.5. The highest BCUT2D eigenvalue weighted by Crippen LogP contribution is 2.10. The standard InChI is InChI=1S/C15H32N.ClH/c1-4-6-7-8-9-10-11-12-13-14-15-16(3)5-2;/h5H,4,6-15H2,1-3H3;1H/q+1;/p-1. The second-order valence-electron chi connectivity index (χ2n) is 4.92. The fourth-order valence-electron chi connectivity index (χ4n) is 1.98. The summed E-state index contributed by atoms with van der Waals surface area (Å²) in [7, 11) is 2.16. The van der Waals surface area contributed by atoms with Gasteiger partial charge in [-0.2, -0.15) is 0 Å². The van der Waals surface area contributed by atoms with Crippen LogP contribution in [0.5, 0.6) is 0 Å². The Kier molecular flexibility index (Phi) is 18.1. The van der Waals surface area contributed by atoms with E-state index < -0.39 is 0 Å². The first-order chi connectivity index (χ1) is 7.81. The fraction of sp³-hybridized carbons (Fsp3) is 0.933. The lowest BCUT2D eigenvalue weighted by Crippen LogP contribution is -3.00. The van der Waals surface area contributed by atoms with Crippen molar-refractivity contribution in [2.24, 2.45) is 0 Å². The van der Waals surface area contributed by atoms with Crippen molar-refractivity contribution in [2.45, 2.75) is 78.1 Å². The van der Waals surface area contributed by atoms with Crippen molar-refractivity contribution in [3.63, 3.8) is 0 Å². The van der Waals surface area contributed by atoms with Gasteiger partial charge in [-0.25, -0.2) is 4.58 Å². The van der Waals surface area contributed by atoms with E-state index in [0.717, 1.165) is 0 Å². The third kappa shape index (κ3) is 16.0. The molecule has 104 valence electrons. The third-order valence-electron chi connectivity index (χ3n) is 3.31. The summed E-state index contributed by atoms with van der Waals surface area (Å²) in [5.74, 6) is 0. The first kappa shape index (κ1) is 19.3. The van der Waals surface area contributed by atoms with Gasteiger partial charge in [0.2, 0.25) is 0 Å². The molecule has 0 aliphatic heterocycles. The molecule has 0 radical (unpaired) electrons. The second-order valence-corrected chi connectivity index (χ2v) is 4.92. The van der Waals surface area contributed by atoms with Crippen LogP contribution in [-0.2, 0) is 0 Å². The molecule has 0 spiro atoms. The molecule has 0 bridgehead atoms. The van der Waals surface area contributed by atoms with Gasteiger partial charge in [0.15, 0.2) is 0 Å². The van der Waals surface area contributed by atoms with Gasteiger partial charge in [-0.1, -0.05) is 58.3 Å². The maximum Gasteiger partial charge on any atom is 0.142 e. The van der Waals surface area contributed by atoms with Crippen LogP contribution in [-0.4, -0.2) is 24.4 Å². The van der Waals surface area contributed by atoms with Crippen LogP contribution in [0.4, 0.5) is 0 Å². The quantitative estimate of drug-likeness (QED) is 0.302. The summed E-state index contributed by atoms with van der Waals surface area (Å²) >= 11 is 0. The average Bonchev–Trinajstić information content (AvgIpc) is 2.31. The molecule has 0 rings (SSSR count). The molecule has 0 saturated carbocycles. The first-order valence-electron chi connectivity index (χ1n) is 7.31. The molecule has 0 aromatic heterocycles. The number of rotatable bonds is 11. The van der Waals surface area contributed by atoms with E-state index in [1.54, 1.807) is 0 Å². The van der Waals surface area contributed by atoms with Crippen LogP contribution >= 0.6 is 0 Å². The van der Waals surface area contributed by atoms with Gasteiger partial charge in [0, 0.05) is 13.3 Å². The van der Waals surface area contributed by atoms with E-state index >= 15 is 0 Å². The van der Waals surface area contributed by atoms with Crippen molar-refractivity contribution < 1.29 is 17.0 Å². The summed E-state index contributed by atoms with van der Waals surface area (Å²) in [5.41, 5.74) is 0. The number of nitrogens with zero attached hydrogens (tertiary/aromatic N) is 1. The highest BCUT2D eigenvalue weighted by molar-refractivity contribution is 5.46. The van der Waals surface area contributed by atoms with Gasteiger partial charge in [0.1, 0.15) is 19.8 Å². The van der Waals surface area contributed by atoms with Crippen LogP contribution in [0.25, 0.3) is 0 Å². The van der Waals surface area contributed by atoms with Gasteiger partial charge < -0.3 is 12.4 Å². The summed E-state index contributed by atoms with van der Waals surface area (Å²) in [5, 5.41) is 0. The SMILES string of the molecule is CC=[N+](C)CCCCCCCCCCCC.[Cl-]. The van der Waals surface area contributed by atoms with Gasteiger partial charge in [-0.3, -0.25) is 0 Å². The van der Waals surface area contributed by atoms with E-state index in [0.29, 0.717) is 0 Å². The normalized spacial score (nSPS) is 11.4. The Hall–Kier alpha value is -0.0400. The fourth-order valence-corrected chi connectivity index (χ4v) is 1.98. The predicted octanol–water partition coefficient (Wildman–Crippen LogP) is 1.64. The molecular weight excluding hydrogens is 230 g/mol. The lowest BCUT2D eigenvalue weighted by molar-refractivity contribution is -0.493. The Morgan fingerprint density at radius 2 is 1.18 bits per heavy atom. The Bertz CT molecular complexity index is 166. The molecule has 0 saturated heterocycles. The van der Waals surface area contributed by atoms with E-state index in [1.807, 2.05) is 0 Å². The highest BCUT2D eigenvalue weighted by Gasteiger charge is 1.95. The van der Waals surface area contributed by atoms with E-state index in [2.05, 4.69) is 31.7 Å². The molecule has 0 atom stereocenters. The largest absolute Gasteiger partial charge is 1.00 e. The van der Waals surface area contributed by atoms with Gasteiger partial charge in [0.25, 0.3) is 0 Å². The minimum atomic E-state index is 0. The van der Waals surface area contributed by atoms with Crippen molar-refractivity contribution in [1.29, 1.82) is 0 Å². The lowest BCUT2D eigenvalue weighted by atomic mass is 10.1. The Balaban J connectivity index is 0. The zero-order chi connectivity index (χ0) is 12.1. The minimum Gasteiger partial charge on any atom is -1.00 e. The van der Waals surface area contributed by atoms with E-state index in [4.69, 9.17) is 0 Å². The molecule has 0 fully saturated rings. The average molecular weight is 262 g/mol. The smallest absolute Gasteiger partial charge is 0.142 e. The Morgan fingerprint density at radius 1 is 0.765 bits per heavy atom. The number of unbranched alkanes of at least 4 members (excludes halogenated alkanes) is 9. The Labute approximate surface area is 115 Å². The van der Waals surface area contributed by atoms with Crippen molar-refractivity contribution >= 4 is 6.21 Å². The van der Waals surface area contributed by atoms with Gasteiger partial charge in [-0.05, 0) is 6.42 Å². The lowest BCUT2D eigenvalue weighted by Gasteiger charge is -2.01. The molecular formula is C15H32ClN. The molecule has 0 amide bonds. The minimum absolute atomic E-state index is 0. The monoisotopic (exact) mass is 261 g/mol. The molecule has 0 aromatic rings. The zero-order valence-electron chi connectivity index (χ0n) is 12.2.